The molecule has 0 amide bonds. The Labute approximate surface area is 107 Å². The molecular formula is C13H21NO2S. The van der Waals surface area contributed by atoms with Gasteiger partial charge in [-0.3, -0.25) is 0 Å². The van der Waals surface area contributed by atoms with Gasteiger partial charge in [0.2, 0.25) is 0 Å². The second kappa shape index (κ2) is 4.67. The molecule has 0 aliphatic carbocycles. The topological polar surface area (TPSA) is 42.4 Å². The first-order valence-corrected chi connectivity index (χ1v) is 7.10. The molecule has 1 aromatic heterocycles. The van der Waals surface area contributed by atoms with Crippen molar-refractivity contribution < 1.29 is 9.84 Å². The molecule has 2 unspecified atom stereocenters. The molecule has 17 heavy (non-hydrogen) atoms. The second-order valence-corrected chi connectivity index (χ2v) is 6.40. The summed E-state index contributed by atoms with van der Waals surface area (Å²) in [5, 5.41) is 13.8. The van der Waals surface area contributed by atoms with Crippen LogP contribution in [0.25, 0.3) is 0 Å². The van der Waals surface area contributed by atoms with Crippen LogP contribution in [0.2, 0.25) is 0 Å². The average Bonchev–Trinajstić information content (AvgIpc) is 2.63. The zero-order valence-electron chi connectivity index (χ0n) is 10.8. The van der Waals surface area contributed by atoms with Crippen LogP contribution >= 0.6 is 11.3 Å². The molecule has 1 N–H and O–H groups in total. The van der Waals surface area contributed by atoms with Gasteiger partial charge in [-0.05, 0) is 26.7 Å². The van der Waals surface area contributed by atoms with Gasteiger partial charge >= 0.3 is 0 Å². The Morgan fingerprint density at radius 2 is 2.35 bits per heavy atom. The third-order valence-electron chi connectivity index (χ3n) is 3.65. The van der Waals surface area contributed by atoms with E-state index in [4.69, 9.17) is 4.74 Å². The summed E-state index contributed by atoms with van der Waals surface area (Å²) >= 11 is 1.64. The first kappa shape index (κ1) is 13.0. The lowest BCUT2D eigenvalue weighted by Crippen LogP contribution is -2.48. The highest BCUT2D eigenvalue weighted by Gasteiger charge is 2.41. The van der Waals surface area contributed by atoms with E-state index >= 15 is 0 Å². The highest BCUT2D eigenvalue weighted by atomic mass is 32.1. The molecule has 1 saturated heterocycles. The summed E-state index contributed by atoms with van der Waals surface area (Å²) in [6.07, 6.45) is 2.99. The van der Waals surface area contributed by atoms with E-state index in [0.717, 1.165) is 17.1 Å². The quantitative estimate of drug-likeness (QED) is 0.903. The zero-order valence-corrected chi connectivity index (χ0v) is 11.6. The Hall–Kier alpha value is -0.450. The van der Waals surface area contributed by atoms with Gasteiger partial charge in [0.15, 0.2) is 0 Å². The van der Waals surface area contributed by atoms with Crippen molar-refractivity contribution in [2.75, 3.05) is 6.61 Å². The van der Waals surface area contributed by atoms with Crippen molar-refractivity contribution in [2.24, 2.45) is 0 Å². The van der Waals surface area contributed by atoms with Crippen LogP contribution in [0.15, 0.2) is 5.38 Å². The number of aryl methyl sites for hydroxylation is 1. The molecular weight excluding hydrogens is 234 g/mol. The Balaban J connectivity index is 2.08. The molecule has 0 saturated carbocycles. The molecule has 0 spiro atoms. The molecule has 96 valence electrons. The van der Waals surface area contributed by atoms with Gasteiger partial charge in [-0.15, -0.1) is 11.3 Å². The highest BCUT2D eigenvalue weighted by Crippen LogP contribution is 2.36. The summed E-state index contributed by atoms with van der Waals surface area (Å²) in [4.78, 5) is 4.44. The largest absolute Gasteiger partial charge is 0.389 e. The van der Waals surface area contributed by atoms with Gasteiger partial charge < -0.3 is 9.84 Å². The van der Waals surface area contributed by atoms with Crippen LogP contribution in [-0.4, -0.2) is 27.9 Å². The predicted octanol–water partition coefficient (Wildman–Crippen LogP) is 2.70. The standard InChI is InChI=1S/C13H21NO2S/c1-4-12(3)9-13(15,5-6-16-12)7-11-8-17-10(2)14-11/h8,15H,4-7,9H2,1-3H3. The maximum absolute atomic E-state index is 10.7. The SMILES string of the molecule is CCC1(C)CC(O)(Cc2csc(C)n2)CCO1. The van der Waals surface area contributed by atoms with Gasteiger partial charge in [0, 0.05) is 18.2 Å². The second-order valence-electron chi connectivity index (χ2n) is 5.34. The molecule has 0 radical (unpaired) electrons. The number of thiazole rings is 1. The van der Waals surface area contributed by atoms with E-state index in [9.17, 15) is 5.11 Å². The molecule has 3 nitrogen and oxygen atoms in total. The first-order chi connectivity index (χ1) is 7.95. The van der Waals surface area contributed by atoms with Crippen LogP contribution in [0.1, 0.15) is 43.8 Å². The molecule has 2 heterocycles. The monoisotopic (exact) mass is 255 g/mol. The van der Waals surface area contributed by atoms with Crippen molar-refractivity contribution in [2.45, 2.75) is 57.7 Å². The first-order valence-electron chi connectivity index (χ1n) is 6.22. The van der Waals surface area contributed by atoms with Crippen LogP contribution < -0.4 is 0 Å². The van der Waals surface area contributed by atoms with E-state index < -0.39 is 5.60 Å². The normalized spacial score (nSPS) is 33.9. The summed E-state index contributed by atoms with van der Waals surface area (Å²) in [5.74, 6) is 0. The fourth-order valence-corrected chi connectivity index (χ4v) is 3.14. The summed E-state index contributed by atoms with van der Waals surface area (Å²) in [7, 11) is 0. The Morgan fingerprint density at radius 1 is 1.59 bits per heavy atom. The zero-order chi connectivity index (χ0) is 12.5. The maximum atomic E-state index is 10.7. The van der Waals surface area contributed by atoms with E-state index in [2.05, 4.69) is 18.8 Å². The van der Waals surface area contributed by atoms with E-state index in [0.29, 0.717) is 25.9 Å². The van der Waals surface area contributed by atoms with Crippen LogP contribution in [0, 0.1) is 6.92 Å². The molecule has 2 atom stereocenters. The number of aliphatic hydroxyl groups is 1. The molecule has 1 aromatic rings. The highest BCUT2D eigenvalue weighted by molar-refractivity contribution is 7.09. The van der Waals surface area contributed by atoms with Crippen molar-refractivity contribution in [3.63, 3.8) is 0 Å². The minimum Gasteiger partial charge on any atom is -0.389 e. The minimum atomic E-state index is -0.649. The van der Waals surface area contributed by atoms with Crippen molar-refractivity contribution in [1.29, 1.82) is 0 Å². The van der Waals surface area contributed by atoms with Crippen molar-refractivity contribution in [3.05, 3.63) is 16.1 Å². The molecule has 1 aliphatic rings. The van der Waals surface area contributed by atoms with Gasteiger partial charge in [-0.2, -0.15) is 0 Å². The number of hydrogen-bond acceptors (Lipinski definition) is 4. The number of rotatable bonds is 3. The molecule has 1 fully saturated rings. The Morgan fingerprint density at radius 3 is 2.94 bits per heavy atom. The van der Waals surface area contributed by atoms with Gasteiger partial charge in [0.25, 0.3) is 0 Å². The van der Waals surface area contributed by atoms with Crippen molar-refractivity contribution in [1.82, 2.24) is 4.98 Å². The molecule has 0 aromatic carbocycles. The van der Waals surface area contributed by atoms with Crippen molar-refractivity contribution in [3.8, 4) is 0 Å². The Bertz CT molecular complexity index is 393. The maximum Gasteiger partial charge on any atom is 0.0897 e. The number of ether oxygens (including phenoxy) is 1. The van der Waals surface area contributed by atoms with Crippen LogP contribution in [0.3, 0.4) is 0 Å². The third kappa shape index (κ3) is 3.06. The predicted molar refractivity (Wildman–Crippen MR) is 69.4 cm³/mol. The number of aromatic nitrogens is 1. The summed E-state index contributed by atoms with van der Waals surface area (Å²) in [6.45, 7) is 6.84. The fraction of sp³-hybridized carbons (Fsp3) is 0.769. The summed E-state index contributed by atoms with van der Waals surface area (Å²) < 4.78 is 5.78. The third-order valence-corrected chi connectivity index (χ3v) is 4.47. The van der Waals surface area contributed by atoms with Crippen LogP contribution in [-0.2, 0) is 11.2 Å². The van der Waals surface area contributed by atoms with Gasteiger partial charge in [0.05, 0.1) is 28.5 Å². The minimum absolute atomic E-state index is 0.182. The summed E-state index contributed by atoms with van der Waals surface area (Å²) in [5.41, 5.74) is 0.178. The van der Waals surface area contributed by atoms with Gasteiger partial charge in [-0.1, -0.05) is 6.92 Å². The van der Waals surface area contributed by atoms with Gasteiger partial charge in [-0.25, -0.2) is 4.98 Å². The fourth-order valence-electron chi connectivity index (χ4n) is 2.53. The van der Waals surface area contributed by atoms with Crippen LogP contribution in [0.4, 0.5) is 0 Å². The molecule has 0 bridgehead atoms. The van der Waals surface area contributed by atoms with Crippen molar-refractivity contribution >= 4 is 11.3 Å². The molecule has 1 aliphatic heterocycles. The Kier molecular flexibility index (Phi) is 3.57. The summed E-state index contributed by atoms with van der Waals surface area (Å²) in [6, 6.07) is 0. The number of nitrogens with zero attached hydrogens (tertiary/aromatic N) is 1. The van der Waals surface area contributed by atoms with E-state index in [1.165, 1.54) is 0 Å². The van der Waals surface area contributed by atoms with Crippen LogP contribution in [0.5, 0.6) is 0 Å². The lowest BCUT2D eigenvalue weighted by molar-refractivity contribution is -0.153. The van der Waals surface area contributed by atoms with E-state index in [-0.39, 0.29) is 5.60 Å². The number of hydrogen-bond donors (Lipinski definition) is 1. The van der Waals surface area contributed by atoms with Gasteiger partial charge in [0.1, 0.15) is 0 Å². The smallest absolute Gasteiger partial charge is 0.0897 e. The molecule has 4 heteroatoms. The van der Waals surface area contributed by atoms with E-state index in [1.54, 1.807) is 11.3 Å². The average molecular weight is 255 g/mol. The lowest BCUT2D eigenvalue weighted by atomic mass is 9.79. The lowest BCUT2D eigenvalue weighted by Gasteiger charge is -2.43. The van der Waals surface area contributed by atoms with E-state index in [1.807, 2.05) is 12.3 Å². The molecule has 2 rings (SSSR count).